The fraction of sp³-hybridized carbons (Fsp3) is 0.241. The monoisotopic (exact) mass is 816 g/mol. The molecule has 7 aromatic carbocycles. The van der Waals surface area contributed by atoms with E-state index >= 15 is 0 Å². The second-order valence-electron chi connectivity index (χ2n) is 19.4. The zero-order valence-corrected chi connectivity index (χ0v) is 36.5. The fourth-order valence-electron chi connectivity index (χ4n) is 13.2. The summed E-state index contributed by atoms with van der Waals surface area (Å²) < 4.78 is 2.62. The Morgan fingerprint density at radius 3 is 1.76 bits per heavy atom. The van der Waals surface area contributed by atoms with Crippen LogP contribution in [0.1, 0.15) is 88.7 Å². The minimum absolute atomic E-state index is 0.0255. The van der Waals surface area contributed by atoms with E-state index in [1.165, 1.54) is 141 Å². The van der Waals surface area contributed by atoms with E-state index in [0.717, 1.165) is 6.42 Å². The van der Waals surface area contributed by atoms with Gasteiger partial charge in [0.15, 0.2) is 0 Å². The van der Waals surface area contributed by atoms with Crippen LogP contribution in [0.15, 0.2) is 170 Å². The molecule has 8 aromatic rings. The third-order valence-electron chi connectivity index (χ3n) is 16.2. The van der Waals surface area contributed by atoms with Crippen LogP contribution in [-0.4, -0.2) is 16.8 Å². The Hall–Kier alpha value is -6.46. The third-order valence-corrected chi connectivity index (χ3v) is 16.2. The van der Waals surface area contributed by atoms with Crippen molar-refractivity contribution in [3.8, 4) is 5.69 Å². The summed E-state index contributed by atoms with van der Waals surface area (Å²) in [6.45, 7) is 5.14. The summed E-state index contributed by atoms with van der Waals surface area (Å²) in [5.74, 6) is 0.527. The van der Waals surface area contributed by atoms with Crippen molar-refractivity contribution in [1.29, 1.82) is 0 Å². The first kappa shape index (κ1) is 37.1. The molecule has 2 fully saturated rings. The maximum atomic E-state index is 2.76. The molecule has 0 spiro atoms. The summed E-state index contributed by atoms with van der Waals surface area (Å²) in [7, 11) is 0. The number of anilines is 8. The molecule has 5 aliphatic rings. The summed E-state index contributed by atoms with van der Waals surface area (Å²) in [5.41, 5.74) is 19.7. The van der Waals surface area contributed by atoms with Gasteiger partial charge in [0.2, 0.25) is 0 Å². The lowest BCUT2D eigenvalue weighted by atomic mass is 9.34. The largest absolute Gasteiger partial charge is 0.334 e. The minimum Gasteiger partial charge on any atom is -0.334 e. The van der Waals surface area contributed by atoms with E-state index in [9.17, 15) is 0 Å². The van der Waals surface area contributed by atoms with Crippen LogP contribution in [0.3, 0.4) is 0 Å². The van der Waals surface area contributed by atoms with Crippen LogP contribution >= 0.6 is 0 Å². The van der Waals surface area contributed by atoms with E-state index in [0.29, 0.717) is 5.92 Å². The predicted octanol–water partition coefficient (Wildman–Crippen LogP) is 13.5. The molecule has 308 valence electrons. The van der Waals surface area contributed by atoms with E-state index in [1.54, 1.807) is 0 Å². The first-order valence-electron chi connectivity index (χ1n) is 23.6. The molecule has 4 heterocycles. The Balaban J connectivity index is 1.20. The maximum absolute atomic E-state index is 2.76. The van der Waals surface area contributed by atoms with Gasteiger partial charge < -0.3 is 19.3 Å². The van der Waals surface area contributed by atoms with Gasteiger partial charge in [0.05, 0.1) is 16.7 Å². The predicted molar refractivity (Wildman–Crippen MR) is 266 cm³/mol. The molecule has 0 amide bonds. The molecule has 0 radical (unpaired) electrons. The third kappa shape index (κ3) is 5.23. The zero-order valence-electron chi connectivity index (χ0n) is 36.5. The van der Waals surface area contributed by atoms with Gasteiger partial charge in [-0.3, -0.25) is 0 Å². The van der Waals surface area contributed by atoms with Crippen LogP contribution in [0.4, 0.5) is 45.5 Å². The number of rotatable bonds is 5. The van der Waals surface area contributed by atoms with Gasteiger partial charge in [-0.2, -0.15) is 0 Å². The maximum Gasteiger partial charge on any atom is 0.273 e. The van der Waals surface area contributed by atoms with Crippen LogP contribution in [0.25, 0.3) is 16.6 Å². The van der Waals surface area contributed by atoms with Crippen molar-refractivity contribution in [2.24, 2.45) is 0 Å². The van der Waals surface area contributed by atoms with E-state index in [2.05, 4.69) is 203 Å². The summed E-state index contributed by atoms with van der Waals surface area (Å²) in [6, 6.07) is 64.7. The van der Waals surface area contributed by atoms with Gasteiger partial charge in [0.25, 0.3) is 6.71 Å². The molecular formula is C58H53BN4. The molecule has 3 aliphatic heterocycles. The molecule has 13 rings (SSSR count). The van der Waals surface area contributed by atoms with Crippen molar-refractivity contribution in [2.75, 3.05) is 14.7 Å². The van der Waals surface area contributed by atoms with Gasteiger partial charge in [-0.1, -0.05) is 136 Å². The lowest BCUT2D eigenvalue weighted by Crippen LogP contribution is -2.63. The highest BCUT2D eigenvalue weighted by molar-refractivity contribution is 7.00. The standard InChI is InChI=1S/C58H53BN4/c1-57-34-20-21-35-58(57,2)63(45-30-16-7-17-31-45)50-39-51-48(38-47(50)57)59-54-52(60(51)42-24-10-4-11-25-42)36-41(40-22-8-3-9-23-40)37-53(54)61(43-26-12-5-13-27-43)55-46-32-18-19-33-49(46)62(56(55)59)44-28-14-6-15-29-44/h4-7,10-19,24-33,36-40H,3,8-9,20-23,34-35H2,1-2H3. The Bertz CT molecular complexity index is 3050. The number of para-hydroxylation sites is 5. The highest BCUT2D eigenvalue weighted by atomic mass is 15.3. The first-order valence-corrected chi connectivity index (χ1v) is 23.6. The summed E-state index contributed by atoms with van der Waals surface area (Å²) >= 11 is 0. The highest BCUT2D eigenvalue weighted by Gasteiger charge is 2.59. The SMILES string of the molecule is CC12CCCCC1(C)N(c1ccccc1)c1cc3c(cc12)B1c2c(cc(C4CCCCC4)cc2N(c2ccccc2)c2c1n(-c1ccccc1)c1ccccc21)N3c1ccccc1. The number of hydrogen-bond donors (Lipinski definition) is 0. The molecule has 2 unspecified atom stereocenters. The number of hydrogen-bond acceptors (Lipinski definition) is 3. The Morgan fingerprint density at radius 1 is 0.508 bits per heavy atom. The molecule has 63 heavy (non-hydrogen) atoms. The topological polar surface area (TPSA) is 14.7 Å². The van der Waals surface area contributed by atoms with Crippen LogP contribution in [0.2, 0.25) is 0 Å². The summed E-state index contributed by atoms with van der Waals surface area (Å²) in [4.78, 5) is 8.07. The van der Waals surface area contributed by atoms with Crippen LogP contribution in [0, 0.1) is 0 Å². The van der Waals surface area contributed by atoms with Crippen molar-refractivity contribution >= 4 is 79.6 Å². The Labute approximate surface area is 372 Å². The van der Waals surface area contributed by atoms with Gasteiger partial charge in [-0.15, -0.1) is 0 Å². The van der Waals surface area contributed by atoms with E-state index in [-0.39, 0.29) is 17.7 Å². The number of fused-ring (bicyclic) bond motifs is 9. The molecule has 2 saturated carbocycles. The van der Waals surface area contributed by atoms with Crippen LogP contribution in [-0.2, 0) is 5.41 Å². The van der Waals surface area contributed by atoms with Crippen LogP contribution < -0.4 is 31.2 Å². The van der Waals surface area contributed by atoms with Gasteiger partial charge in [0.1, 0.15) is 0 Å². The lowest BCUT2D eigenvalue weighted by molar-refractivity contribution is 0.195. The molecule has 2 aliphatic carbocycles. The smallest absolute Gasteiger partial charge is 0.273 e. The number of nitrogens with zero attached hydrogens (tertiary/aromatic N) is 4. The summed E-state index contributed by atoms with van der Waals surface area (Å²) in [5, 5.41) is 1.28. The molecule has 0 bridgehead atoms. The lowest BCUT2D eigenvalue weighted by Gasteiger charge is -2.50. The normalized spacial score (nSPS) is 21.2. The van der Waals surface area contributed by atoms with Crippen molar-refractivity contribution in [1.82, 2.24) is 4.57 Å². The Morgan fingerprint density at radius 2 is 1.08 bits per heavy atom. The average Bonchev–Trinajstić information content (AvgIpc) is 3.78. The Kier molecular flexibility index (Phi) is 8.27. The second kappa shape index (κ2) is 14.0. The fourth-order valence-corrected chi connectivity index (χ4v) is 13.2. The van der Waals surface area contributed by atoms with Crippen LogP contribution in [0.5, 0.6) is 0 Å². The van der Waals surface area contributed by atoms with E-state index < -0.39 is 0 Å². The molecule has 2 atom stereocenters. The number of aromatic nitrogens is 1. The molecule has 0 saturated heterocycles. The average molecular weight is 817 g/mol. The molecule has 0 N–H and O–H groups in total. The van der Waals surface area contributed by atoms with Crippen molar-refractivity contribution in [3.63, 3.8) is 0 Å². The first-order chi connectivity index (χ1) is 31.0. The van der Waals surface area contributed by atoms with Gasteiger partial charge >= 0.3 is 0 Å². The van der Waals surface area contributed by atoms with Crippen molar-refractivity contribution < 1.29 is 0 Å². The van der Waals surface area contributed by atoms with Gasteiger partial charge in [0, 0.05) is 61.9 Å². The minimum atomic E-state index is -0.0661. The van der Waals surface area contributed by atoms with Crippen molar-refractivity contribution in [3.05, 3.63) is 181 Å². The highest BCUT2D eigenvalue weighted by Crippen LogP contribution is 2.62. The van der Waals surface area contributed by atoms with Gasteiger partial charge in [-0.05, 0) is 133 Å². The van der Waals surface area contributed by atoms with Crippen molar-refractivity contribution in [2.45, 2.75) is 88.5 Å². The molecule has 5 heteroatoms. The van der Waals surface area contributed by atoms with E-state index in [1.807, 2.05) is 0 Å². The van der Waals surface area contributed by atoms with Gasteiger partial charge in [-0.25, -0.2) is 0 Å². The molecule has 4 nitrogen and oxygen atoms in total. The molecular weight excluding hydrogens is 763 g/mol. The summed E-state index contributed by atoms with van der Waals surface area (Å²) in [6.07, 6.45) is 11.2. The number of benzene rings is 7. The molecule has 1 aromatic heterocycles. The second-order valence-corrected chi connectivity index (χ2v) is 19.4. The van der Waals surface area contributed by atoms with E-state index in [4.69, 9.17) is 0 Å². The zero-order chi connectivity index (χ0) is 41.9. The quantitative estimate of drug-likeness (QED) is 0.161.